The smallest absolute Gasteiger partial charge is 0.166 e. The molecule has 0 saturated heterocycles. The van der Waals surface area contributed by atoms with Gasteiger partial charge >= 0.3 is 0 Å². The van der Waals surface area contributed by atoms with Gasteiger partial charge in [0, 0.05) is 64.6 Å². The van der Waals surface area contributed by atoms with Crippen LogP contribution in [0.5, 0.6) is 0 Å². The average Bonchev–Trinajstić information content (AvgIpc) is 3.90. The highest BCUT2D eigenvalue weighted by Crippen LogP contribution is 2.46. The van der Waals surface area contributed by atoms with Gasteiger partial charge in [-0.15, -0.1) is 11.3 Å². The molecule has 3 heterocycles. The van der Waals surface area contributed by atoms with Gasteiger partial charge in [-0.25, -0.2) is 15.0 Å². The molecule has 5 heteroatoms. The molecule has 4 nitrogen and oxygen atoms in total. The average molecular weight is 765 g/mol. The number of para-hydroxylation sites is 2. The van der Waals surface area contributed by atoms with Crippen molar-refractivity contribution in [2.75, 3.05) is 0 Å². The number of thiophene rings is 1. The minimum absolute atomic E-state index is 0.0687. The maximum atomic E-state index is 9.67. The van der Waals surface area contributed by atoms with E-state index in [1.165, 1.54) is 17.4 Å². The fourth-order valence-electron chi connectivity index (χ4n) is 8.73. The van der Waals surface area contributed by atoms with Crippen molar-refractivity contribution in [2.24, 2.45) is 0 Å². The van der Waals surface area contributed by atoms with Crippen molar-refractivity contribution in [3.8, 4) is 51.0 Å². The third-order valence-corrected chi connectivity index (χ3v) is 12.4. The number of nitrogens with zero attached hydrogens (tertiary/aromatic N) is 4. The van der Waals surface area contributed by atoms with E-state index in [0.717, 1.165) is 67.7 Å². The molecule has 0 spiro atoms. The zero-order valence-electron chi connectivity index (χ0n) is 37.0. The van der Waals surface area contributed by atoms with Gasteiger partial charge in [0.1, 0.15) is 0 Å². The number of allylic oxidation sites excluding steroid dienone is 1. The van der Waals surface area contributed by atoms with E-state index in [-0.39, 0.29) is 36.3 Å². The van der Waals surface area contributed by atoms with Crippen LogP contribution in [0.4, 0.5) is 0 Å². The number of aromatic nitrogens is 4. The van der Waals surface area contributed by atoms with Crippen LogP contribution in [-0.4, -0.2) is 19.5 Å². The second-order valence-corrected chi connectivity index (χ2v) is 15.6. The van der Waals surface area contributed by atoms with Crippen LogP contribution in [0, 0.1) is 0 Å². The van der Waals surface area contributed by atoms with Crippen molar-refractivity contribution in [1.29, 1.82) is 0 Å². The molecule has 0 amide bonds. The fourth-order valence-corrected chi connectivity index (χ4v) is 9.82. The first-order valence-electron chi connectivity index (χ1n) is 22.3. The maximum absolute atomic E-state index is 9.67. The number of rotatable bonds is 5. The molecule has 58 heavy (non-hydrogen) atoms. The van der Waals surface area contributed by atoms with Gasteiger partial charge in [-0.3, -0.25) is 0 Å². The molecule has 0 atom stereocenters. The number of fused-ring (bicyclic) bond motifs is 9. The van der Waals surface area contributed by atoms with Crippen LogP contribution in [0.25, 0.3) is 110 Å². The van der Waals surface area contributed by atoms with E-state index in [4.69, 9.17) is 19.1 Å². The van der Waals surface area contributed by atoms with Gasteiger partial charge in [-0.05, 0) is 58.6 Å². The fraction of sp³-hybridized carbons (Fsp3) is 0.0377. The zero-order chi connectivity index (χ0) is 43.4. The summed E-state index contributed by atoms with van der Waals surface area (Å²) < 4.78 is 57.7. The topological polar surface area (TPSA) is 43.6 Å². The first-order valence-corrected chi connectivity index (χ1v) is 20.2. The Morgan fingerprint density at radius 2 is 1.26 bits per heavy atom. The van der Waals surface area contributed by atoms with E-state index >= 15 is 0 Å². The number of hydrogen-bond donors (Lipinski definition) is 0. The number of hydrogen-bond acceptors (Lipinski definition) is 4. The summed E-state index contributed by atoms with van der Waals surface area (Å²) in [6.45, 7) is 0. The maximum Gasteiger partial charge on any atom is 0.166 e. The summed E-state index contributed by atoms with van der Waals surface area (Å²) in [5.74, 6) is 1.41. The third kappa shape index (κ3) is 5.10. The molecule has 0 saturated carbocycles. The van der Waals surface area contributed by atoms with Gasteiger partial charge in [0.05, 0.1) is 19.4 Å². The van der Waals surface area contributed by atoms with Gasteiger partial charge in [0.25, 0.3) is 0 Å². The molecule has 0 N–H and O–H groups in total. The molecular formula is C53H34N4S. The van der Waals surface area contributed by atoms with Crippen LogP contribution in [0.15, 0.2) is 176 Å². The standard InChI is InChI=1S/C53H34N4S/c1-2-16-33(17-3-1)51-54-52(56-53(55-51)45-32-34-18-4-5-19-35(34)36-20-6-7-21-37(36)45)44-28-14-25-41(43-27-15-26-42-40-24-10-13-31-48(40)58-50(42)43)49(44)57-46-29-11-8-22-38(46)39-23-9-12-30-47(39)57/h1-11,13-29,31-32H,12,30H2/i10D,15D,24D,26D,27D,31D. The highest BCUT2D eigenvalue weighted by molar-refractivity contribution is 7.26. The van der Waals surface area contributed by atoms with Crippen LogP contribution >= 0.6 is 11.3 Å². The molecular weight excluding hydrogens is 725 g/mol. The molecule has 0 unspecified atom stereocenters. The van der Waals surface area contributed by atoms with E-state index in [1.54, 1.807) is 0 Å². The molecule has 11 aromatic rings. The molecule has 0 aliphatic heterocycles. The minimum atomic E-state index is -0.292. The van der Waals surface area contributed by atoms with Crippen LogP contribution < -0.4 is 0 Å². The second kappa shape index (κ2) is 13.2. The largest absolute Gasteiger partial charge is 0.312 e. The quantitative estimate of drug-likeness (QED) is 0.164. The van der Waals surface area contributed by atoms with Gasteiger partial charge in [-0.2, -0.15) is 0 Å². The van der Waals surface area contributed by atoms with E-state index < -0.39 is 0 Å². The van der Waals surface area contributed by atoms with Crippen LogP contribution in [-0.2, 0) is 6.42 Å². The van der Waals surface area contributed by atoms with Crippen LogP contribution in [0.1, 0.15) is 25.9 Å². The molecule has 3 aromatic heterocycles. The first-order chi connectivity index (χ1) is 31.3. The predicted molar refractivity (Wildman–Crippen MR) is 244 cm³/mol. The summed E-state index contributed by atoms with van der Waals surface area (Å²) in [7, 11) is 0. The normalized spacial score (nSPS) is 14.1. The Morgan fingerprint density at radius 3 is 2.16 bits per heavy atom. The lowest BCUT2D eigenvalue weighted by molar-refractivity contribution is 0.889. The lowest BCUT2D eigenvalue weighted by Crippen LogP contribution is -2.08. The Morgan fingerprint density at radius 1 is 0.534 bits per heavy atom. The van der Waals surface area contributed by atoms with Crippen molar-refractivity contribution in [3.05, 3.63) is 187 Å². The summed E-state index contributed by atoms with van der Waals surface area (Å²) in [6, 6.07) is 43.4. The monoisotopic (exact) mass is 764 g/mol. The van der Waals surface area contributed by atoms with E-state index in [0.29, 0.717) is 60.0 Å². The van der Waals surface area contributed by atoms with Crippen molar-refractivity contribution in [3.63, 3.8) is 0 Å². The van der Waals surface area contributed by atoms with Crippen molar-refractivity contribution < 1.29 is 8.22 Å². The molecule has 1 aliphatic rings. The summed E-state index contributed by atoms with van der Waals surface area (Å²) in [6.07, 6.45) is 5.95. The SMILES string of the molecule is [2H]c1cc([2H])c2sc3c(-c4cccc(-c5nc(-c6ccccc6)nc(-c6cc7ccccc7c7ccccc67)n5)c4-n4c5c(c6ccccc64)C=CCC5)c([2H])c([2H])c([2H])c3c2c1[2H]. The molecule has 1 aliphatic carbocycles. The second-order valence-electron chi connectivity index (χ2n) is 14.5. The Kier molecular flexibility index (Phi) is 6.23. The Balaban J connectivity index is 1.24. The molecule has 0 radical (unpaired) electrons. The lowest BCUT2D eigenvalue weighted by atomic mass is 9.96. The van der Waals surface area contributed by atoms with Gasteiger partial charge in [-0.1, -0.05) is 158 Å². The van der Waals surface area contributed by atoms with Gasteiger partial charge < -0.3 is 4.57 Å². The zero-order valence-corrected chi connectivity index (χ0v) is 31.8. The van der Waals surface area contributed by atoms with Crippen molar-refractivity contribution in [2.45, 2.75) is 12.8 Å². The predicted octanol–water partition coefficient (Wildman–Crippen LogP) is 14.1. The van der Waals surface area contributed by atoms with E-state index in [1.807, 2.05) is 78.9 Å². The van der Waals surface area contributed by atoms with Crippen molar-refractivity contribution in [1.82, 2.24) is 19.5 Å². The lowest BCUT2D eigenvalue weighted by Gasteiger charge is -2.21. The van der Waals surface area contributed by atoms with E-state index in [2.05, 4.69) is 65.3 Å². The molecule has 8 aromatic carbocycles. The van der Waals surface area contributed by atoms with Crippen molar-refractivity contribution >= 4 is 70.0 Å². The Labute approximate surface area is 347 Å². The Bertz CT molecular complexity index is 3820. The van der Waals surface area contributed by atoms with Gasteiger partial charge in [0.15, 0.2) is 17.5 Å². The highest BCUT2D eigenvalue weighted by Gasteiger charge is 2.26. The summed E-state index contributed by atoms with van der Waals surface area (Å²) >= 11 is 1.24. The highest BCUT2D eigenvalue weighted by atomic mass is 32.1. The van der Waals surface area contributed by atoms with Gasteiger partial charge in [0.2, 0.25) is 0 Å². The summed E-state index contributed by atoms with van der Waals surface area (Å²) in [5, 5.41) is 5.95. The summed E-state index contributed by atoms with van der Waals surface area (Å²) in [4.78, 5) is 15.9. The molecule has 272 valence electrons. The third-order valence-electron chi connectivity index (χ3n) is 11.3. The summed E-state index contributed by atoms with van der Waals surface area (Å²) in [5.41, 5.74) is 7.23. The first kappa shape index (κ1) is 27.4. The van der Waals surface area contributed by atoms with Crippen LogP contribution in [0.2, 0.25) is 0 Å². The minimum Gasteiger partial charge on any atom is -0.312 e. The number of benzene rings is 8. The molecule has 12 rings (SSSR count). The van der Waals surface area contributed by atoms with Crippen LogP contribution in [0.3, 0.4) is 0 Å². The van der Waals surface area contributed by atoms with E-state index in [9.17, 15) is 4.11 Å². The Hall–Kier alpha value is -7.21. The molecule has 0 fully saturated rings. The molecule has 0 bridgehead atoms.